The summed E-state index contributed by atoms with van der Waals surface area (Å²) in [7, 11) is 1.65. The smallest absolute Gasteiger partial charge is 0.251 e. The third-order valence-corrected chi connectivity index (χ3v) is 5.82. The zero-order valence-electron chi connectivity index (χ0n) is 20.1. The van der Waals surface area contributed by atoms with Crippen LogP contribution in [0.1, 0.15) is 34.6 Å². The molecule has 0 aliphatic rings. The fourth-order valence-corrected chi connectivity index (χ4v) is 4.04. The first-order chi connectivity index (χ1) is 17.2. The molecule has 0 radical (unpaired) electrons. The highest BCUT2D eigenvalue weighted by Gasteiger charge is 2.12. The molecule has 6 nitrogen and oxygen atoms in total. The van der Waals surface area contributed by atoms with Crippen molar-refractivity contribution in [2.24, 2.45) is 0 Å². The maximum atomic E-state index is 12.5. The van der Waals surface area contributed by atoms with Gasteiger partial charge in [0.2, 0.25) is 0 Å². The number of nitrogens with zero attached hydrogens (tertiary/aromatic N) is 2. The number of unbranched alkanes of at least 4 members (excludes halogenated alkanes) is 1. The number of aryl methyl sites for hydroxylation is 1. The van der Waals surface area contributed by atoms with Crippen LogP contribution in [0.15, 0.2) is 85.5 Å². The minimum Gasteiger partial charge on any atom is -0.493 e. The van der Waals surface area contributed by atoms with Gasteiger partial charge in [-0.3, -0.25) is 4.79 Å². The number of para-hydroxylation sites is 2. The SMILES string of the molecule is C=CCc1ccc(OCCCCn2c(CNC(=O)c3ccccc3)nc3ccccc32)c(OC)c1. The fraction of sp³-hybridized carbons (Fsp3) is 0.241. The summed E-state index contributed by atoms with van der Waals surface area (Å²) in [6.45, 7) is 5.53. The number of fused-ring (bicyclic) bond motifs is 1. The molecule has 1 aromatic heterocycles. The van der Waals surface area contributed by atoms with Crippen LogP contribution in [0.3, 0.4) is 0 Å². The second-order valence-corrected chi connectivity index (χ2v) is 8.25. The lowest BCUT2D eigenvalue weighted by molar-refractivity contribution is 0.0949. The van der Waals surface area contributed by atoms with Crippen LogP contribution in [-0.4, -0.2) is 29.2 Å². The summed E-state index contributed by atoms with van der Waals surface area (Å²) in [5.74, 6) is 2.22. The second kappa shape index (κ2) is 11.9. The number of methoxy groups -OCH3 is 1. The topological polar surface area (TPSA) is 65.4 Å². The van der Waals surface area contributed by atoms with Crippen molar-refractivity contribution in [1.82, 2.24) is 14.9 Å². The molecule has 0 aliphatic heterocycles. The normalized spacial score (nSPS) is 10.8. The molecule has 0 aliphatic carbocycles. The predicted molar refractivity (Wildman–Crippen MR) is 139 cm³/mol. The summed E-state index contributed by atoms with van der Waals surface area (Å²) in [5, 5.41) is 3.00. The van der Waals surface area contributed by atoms with E-state index in [0.717, 1.165) is 59.7 Å². The van der Waals surface area contributed by atoms with E-state index >= 15 is 0 Å². The molecule has 1 amide bonds. The maximum absolute atomic E-state index is 12.5. The van der Waals surface area contributed by atoms with Crippen molar-refractivity contribution in [2.45, 2.75) is 32.4 Å². The standard InChI is InChI=1S/C29H31N3O3/c1-3-11-22-16-17-26(27(20-22)34-2)35-19-10-9-18-32-25-15-8-7-14-24(25)31-28(32)21-30-29(33)23-12-5-4-6-13-23/h3-8,12-17,20H,1,9-11,18-19,21H2,2H3,(H,30,33). The highest BCUT2D eigenvalue weighted by atomic mass is 16.5. The van der Waals surface area contributed by atoms with Crippen molar-refractivity contribution in [3.05, 3.63) is 102 Å². The largest absolute Gasteiger partial charge is 0.493 e. The van der Waals surface area contributed by atoms with Crippen molar-refractivity contribution < 1.29 is 14.3 Å². The Bertz CT molecular complexity index is 1280. The zero-order valence-corrected chi connectivity index (χ0v) is 20.1. The van der Waals surface area contributed by atoms with Gasteiger partial charge in [-0.15, -0.1) is 6.58 Å². The Hall–Kier alpha value is -4.06. The van der Waals surface area contributed by atoms with Gasteiger partial charge in [-0.05, 0) is 61.2 Å². The van der Waals surface area contributed by atoms with Gasteiger partial charge in [0, 0.05) is 12.1 Å². The second-order valence-electron chi connectivity index (χ2n) is 8.25. The van der Waals surface area contributed by atoms with Gasteiger partial charge in [0.15, 0.2) is 11.5 Å². The Morgan fingerprint density at radius 2 is 1.83 bits per heavy atom. The number of rotatable bonds is 12. The Labute approximate surface area is 206 Å². The fourth-order valence-electron chi connectivity index (χ4n) is 4.04. The number of benzene rings is 3. The van der Waals surface area contributed by atoms with Gasteiger partial charge < -0.3 is 19.4 Å². The Morgan fingerprint density at radius 1 is 1.03 bits per heavy atom. The predicted octanol–water partition coefficient (Wildman–Crippen LogP) is 5.56. The van der Waals surface area contributed by atoms with Crippen LogP contribution >= 0.6 is 0 Å². The minimum atomic E-state index is -0.106. The van der Waals surface area contributed by atoms with Crippen LogP contribution in [0.5, 0.6) is 11.5 Å². The monoisotopic (exact) mass is 469 g/mol. The van der Waals surface area contributed by atoms with E-state index in [1.165, 1.54) is 0 Å². The number of hydrogen-bond acceptors (Lipinski definition) is 4. The first-order valence-corrected chi connectivity index (χ1v) is 11.9. The summed E-state index contributed by atoms with van der Waals surface area (Å²) in [6.07, 6.45) is 4.46. The summed E-state index contributed by atoms with van der Waals surface area (Å²) in [6, 6.07) is 23.3. The van der Waals surface area contributed by atoms with Gasteiger partial charge in [0.05, 0.1) is 31.3 Å². The van der Waals surface area contributed by atoms with Gasteiger partial charge in [-0.2, -0.15) is 0 Å². The molecule has 1 heterocycles. The lowest BCUT2D eigenvalue weighted by Crippen LogP contribution is -2.24. The van der Waals surface area contributed by atoms with E-state index in [9.17, 15) is 4.79 Å². The van der Waals surface area contributed by atoms with Crippen molar-refractivity contribution in [1.29, 1.82) is 0 Å². The molecule has 0 spiro atoms. The zero-order chi connectivity index (χ0) is 24.5. The molecular weight excluding hydrogens is 438 g/mol. The molecule has 3 aromatic carbocycles. The minimum absolute atomic E-state index is 0.106. The van der Waals surface area contributed by atoms with E-state index in [1.807, 2.05) is 60.7 Å². The number of carbonyl (C=O) groups is 1. The molecule has 4 rings (SSSR count). The summed E-state index contributed by atoms with van der Waals surface area (Å²) in [5.41, 5.74) is 3.78. The van der Waals surface area contributed by atoms with Crippen molar-refractivity contribution >= 4 is 16.9 Å². The average Bonchev–Trinajstić information content (AvgIpc) is 3.25. The number of aromatic nitrogens is 2. The number of ether oxygens (including phenoxy) is 2. The molecule has 35 heavy (non-hydrogen) atoms. The van der Waals surface area contributed by atoms with Crippen LogP contribution in [0.4, 0.5) is 0 Å². The average molecular weight is 470 g/mol. The Balaban J connectivity index is 1.36. The van der Waals surface area contributed by atoms with E-state index in [2.05, 4.69) is 22.5 Å². The summed E-state index contributed by atoms with van der Waals surface area (Å²) in [4.78, 5) is 17.3. The molecule has 4 aromatic rings. The quantitative estimate of drug-likeness (QED) is 0.218. The van der Waals surface area contributed by atoms with Gasteiger partial charge in [-0.25, -0.2) is 4.98 Å². The molecule has 0 bridgehead atoms. The van der Waals surface area contributed by atoms with E-state index in [4.69, 9.17) is 14.5 Å². The molecule has 0 atom stereocenters. The molecule has 1 N–H and O–H groups in total. The first kappa shape index (κ1) is 24.1. The third-order valence-electron chi connectivity index (χ3n) is 5.82. The highest BCUT2D eigenvalue weighted by molar-refractivity contribution is 5.94. The number of amides is 1. The van der Waals surface area contributed by atoms with E-state index < -0.39 is 0 Å². The van der Waals surface area contributed by atoms with Crippen LogP contribution in [0, 0.1) is 0 Å². The first-order valence-electron chi connectivity index (χ1n) is 11.9. The molecule has 0 unspecified atom stereocenters. The van der Waals surface area contributed by atoms with Crippen LogP contribution < -0.4 is 14.8 Å². The van der Waals surface area contributed by atoms with Gasteiger partial charge in [-0.1, -0.05) is 42.5 Å². The number of imidazole rings is 1. The van der Waals surface area contributed by atoms with Crippen molar-refractivity contribution in [2.75, 3.05) is 13.7 Å². The van der Waals surface area contributed by atoms with Gasteiger partial charge >= 0.3 is 0 Å². The van der Waals surface area contributed by atoms with E-state index in [1.54, 1.807) is 19.2 Å². The molecule has 6 heteroatoms. The van der Waals surface area contributed by atoms with E-state index in [0.29, 0.717) is 18.7 Å². The molecule has 0 saturated carbocycles. The molecular formula is C29H31N3O3. The van der Waals surface area contributed by atoms with Crippen molar-refractivity contribution in [3.63, 3.8) is 0 Å². The highest BCUT2D eigenvalue weighted by Crippen LogP contribution is 2.28. The number of nitrogens with one attached hydrogen (secondary N) is 1. The third kappa shape index (κ3) is 6.09. The molecule has 0 saturated heterocycles. The number of allylic oxidation sites excluding steroid dienone is 1. The Morgan fingerprint density at radius 3 is 2.63 bits per heavy atom. The van der Waals surface area contributed by atoms with Crippen LogP contribution in [0.2, 0.25) is 0 Å². The van der Waals surface area contributed by atoms with Gasteiger partial charge in [0.25, 0.3) is 5.91 Å². The lowest BCUT2D eigenvalue weighted by Gasteiger charge is -2.13. The maximum Gasteiger partial charge on any atom is 0.251 e. The lowest BCUT2D eigenvalue weighted by atomic mass is 10.1. The molecule has 180 valence electrons. The number of carbonyl (C=O) groups excluding carboxylic acids is 1. The summed E-state index contributed by atoms with van der Waals surface area (Å²) >= 11 is 0. The Kier molecular flexibility index (Phi) is 8.17. The number of hydrogen-bond donors (Lipinski definition) is 1. The van der Waals surface area contributed by atoms with Crippen molar-refractivity contribution in [3.8, 4) is 11.5 Å². The van der Waals surface area contributed by atoms with E-state index in [-0.39, 0.29) is 5.91 Å². The molecule has 0 fully saturated rings. The van der Waals surface area contributed by atoms with Gasteiger partial charge in [0.1, 0.15) is 5.82 Å². The summed E-state index contributed by atoms with van der Waals surface area (Å²) < 4.78 is 13.7. The van der Waals surface area contributed by atoms with Crippen LogP contribution in [0.25, 0.3) is 11.0 Å². The van der Waals surface area contributed by atoms with Crippen LogP contribution in [-0.2, 0) is 19.5 Å².